The summed E-state index contributed by atoms with van der Waals surface area (Å²) in [6, 6.07) is 11.6. The van der Waals surface area contributed by atoms with Crippen LogP contribution in [0.25, 0.3) is 11.2 Å². The fraction of sp³-hybridized carbons (Fsp3) is 0.188. The molecule has 104 valence electrons. The first-order valence-electron chi connectivity index (χ1n) is 6.71. The molecular weight excluding hydrogens is 284 g/mol. The fourth-order valence-electron chi connectivity index (χ4n) is 2.39. The van der Waals surface area contributed by atoms with Crippen LogP contribution in [0.4, 0.5) is 0 Å². The minimum Gasteiger partial charge on any atom is -0.308 e. The van der Waals surface area contributed by atoms with Crippen LogP contribution >= 0.6 is 11.6 Å². The lowest BCUT2D eigenvalue weighted by atomic mass is 10.1. The van der Waals surface area contributed by atoms with Crippen molar-refractivity contribution < 1.29 is 0 Å². The standard InChI is InChI=1S/C16H13ClN4/c1-2-15-20-14-7-13(17)9-19-16(14)21(15)10-12-5-3-4-11(6-12)8-18/h3-7,9H,2,10H2,1H3. The number of aryl methyl sites for hydroxylation is 1. The predicted octanol–water partition coefficient (Wildman–Crippen LogP) is 3.57. The lowest BCUT2D eigenvalue weighted by Crippen LogP contribution is -2.05. The number of rotatable bonds is 3. The molecule has 0 aliphatic heterocycles. The van der Waals surface area contributed by atoms with Crippen LogP contribution < -0.4 is 0 Å². The van der Waals surface area contributed by atoms with Crippen molar-refractivity contribution in [3.05, 3.63) is 58.5 Å². The van der Waals surface area contributed by atoms with Crippen LogP contribution in [0.3, 0.4) is 0 Å². The number of hydrogen-bond donors (Lipinski definition) is 0. The van der Waals surface area contributed by atoms with Crippen LogP contribution in [0.15, 0.2) is 36.5 Å². The quantitative estimate of drug-likeness (QED) is 0.742. The number of fused-ring (bicyclic) bond motifs is 1. The first kappa shape index (κ1) is 13.6. The lowest BCUT2D eigenvalue weighted by Gasteiger charge is -2.08. The Morgan fingerprint density at radius 3 is 2.95 bits per heavy atom. The number of imidazole rings is 1. The molecule has 2 aromatic heterocycles. The van der Waals surface area contributed by atoms with Crippen LogP contribution in [-0.2, 0) is 13.0 Å². The molecule has 0 amide bonds. The van der Waals surface area contributed by atoms with E-state index in [1.165, 1.54) is 0 Å². The molecule has 2 heterocycles. The topological polar surface area (TPSA) is 54.5 Å². The second-order valence-electron chi connectivity index (χ2n) is 4.78. The molecule has 3 aromatic rings. The van der Waals surface area contributed by atoms with E-state index in [2.05, 4.69) is 27.5 Å². The minimum absolute atomic E-state index is 0.585. The molecule has 0 spiro atoms. The van der Waals surface area contributed by atoms with Gasteiger partial charge in [-0.05, 0) is 23.8 Å². The van der Waals surface area contributed by atoms with Gasteiger partial charge in [0.2, 0.25) is 0 Å². The maximum atomic E-state index is 9.00. The third kappa shape index (κ3) is 2.61. The van der Waals surface area contributed by atoms with E-state index < -0.39 is 0 Å². The van der Waals surface area contributed by atoms with E-state index in [4.69, 9.17) is 16.9 Å². The van der Waals surface area contributed by atoms with Gasteiger partial charge in [0.05, 0.1) is 23.2 Å². The third-order valence-corrected chi connectivity index (χ3v) is 3.55. The molecule has 0 saturated heterocycles. The Labute approximate surface area is 127 Å². The van der Waals surface area contributed by atoms with Crippen molar-refractivity contribution in [3.8, 4) is 6.07 Å². The lowest BCUT2D eigenvalue weighted by molar-refractivity contribution is 0.746. The zero-order valence-electron chi connectivity index (χ0n) is 11.5. The van der Waals surface area contributed by atoms with Crippen LogP contribution in [0.2, 0.25) is 5.02 Å². The van der Waals surface area contributed by atoms with Crippen molar-refractivity contribution in [1.29, 1.82) is 5.26 Å². The number of nitrogens with zero attached hydrogens (tertiary/aromatic N) is 4. The summed E-state index contributed by atoms with van der Waals surface area (Å²) in [4.78, 5) is 8.97. The van der Waals surface area contributed by atoms with E-state index in [-0.39, 0.29) is 0 Å². The van der Waals surface area contributed by atoms with Gasteiger partial charge in [-0.25, -0.2) is 9.97 Å². The summed E-state index contributed by atoms with van der Waals surface area (Å²) >= 11 is 5.98. The number of benzene rings is 1. The molecule has 5 heteroatoms. The fourth-order valence-corrected chi connectivity index (χ4v) is 2.54. The molecule has 0 radical (unpaired) electrons. The SMILES string of the molecule is CCc1nc2cc(Cl)cnc2n1Cc1cccc(C#N)c1. The highest BCUT2D eigenvalue weighted by Crippen LogP contribution is 2.20. The Bertz CT molecular complexity index is 845. The average Bonchev–Trinajstić information content (AvgIpc) is 2.84. The Balaban J connectivity index is 2.08. The highest BCUT2D eigenvalue weighted by molar-refractivity contribution is 6.31. The molecule has 0 N–H and O–H groups in total. The van der Waals surface area contributed by atoms with Gasteiger partial charge in [-0.15, -0.1) is 0 Å². The monoisotopic (exact) mass is 296 g/mol. The first-order valence-corrected chi connectivity index (χ1v) is 7.08. The molecule has 1 aromatic carbocycles. The number of pyridine rings is 1. The molecule has 4 nitrogen and oxygen atoms in total. The summed E-state index contributed by atoms with van der Waals surface area (Å²) in [5.74, 6) is 0.960. The molecule has 0 unspecified atom stereocenters. The Morgan fingerprint density at radius 2 is 2.19 bits per heavy atom. The molecule has 0 saturated carbocycles. The van der Waals surface area contributed by atoms with Crippen LogP contribution in [0, 0.1) is 11.3 Å². The molecule has 0 atom stereocenters. The second kappa shape index (κ2) is 5.55. The summed E-state index contributed by atoms with van der Waals surface area (Å²) in [6.45, 7) is 2.70. The van der Waals surface area contributed by atoms with E-state index in [0.29, 0.717) is 17.1 Å². The van der Waals surface area contributed by atoms with E-state index >= 15 is 0 Å². The Kier molecular flexibility index (Phi) is 3.59. The van der Waals surface area contributed by atoms with Crippen molar-refractivity contribution in [3.63, 3.8) is 0 Å². The van der Waals surface area contributed by atoms with Crippen LogP contribution in [0.5, 0.6) is 0 Å². The normalized spacial score (nSPS) is 10.7. The summed E-state index contributed by atoms with van der Waals surface area (Å²) in [5.41, 5.74) is 3.33. The summed E-state index contributed by atoms with van der Waals surface area (Å²) < 4.78 is 2.07. The van der Waals surface area contributed by atoms with Gasteiger partial charge in [0.1, 0.15) is 11.3 Å². The van der Waals surface area contributed by atoms with Gasteiger partial charge in [0.25, 0.3) is 0 Å². The van der Waals surface area contributed by atoms with E-state index in [1.807, 2.05) is 24.3 Å². The van der Waals surface area contributed by atoms with Gasteiger partial charge in [-0.1, -0.05) is 30.7 Å². The van der Waals surface area contributed by atoms with Crippen LogP contribution in [0.1, 0.15) is 23.9 Å². The van der Waals surface area contributed by atoms with Gasteiger partial charge in [-0.2, -0.15) is 5.26 Å². The maximum Gasteiger partial charge on any atom is 0.160 e. The number of aromatic nitrogens is 3. The van der Waals surface area contributed by atoms with Gasteiger partial charge < -0.3 is 4.57 Å². The zero-order chi connectivity index (χ0) is 14.8. The number of hydrogen-bond acceptors (Lipinski definition) is 3. The largest absolute Gasteiger partial charge is 0.308 e. The maximum absolute atomic E-state index is 9.00. The van der Waals surface area contributed by atoms with Crippen LogP contribution in [-0.4, -0.2) is 14.5 Å². The molecular formula is C16H13ClN4. The van der Waals surface area contributed by atoms with Crippen molar-refractivity contribution >= 4 is 22.8 Å². The summed E-state index contributed by atoms with van der Waals surface area (Å²) in [6.07, 6.45) is 2.44. The molecule has 21 heavy (non-hydrogen) atoms. The predicted molar refractivity (Wildman–Crippen MR) is 82.2 cm³/mol. The highest BCUT2D eigenvalue weighted by atomic mass is 35.5. The van der Waals surface area contributed by atoms with Gasteiger partial charge in [-0.3, -0.25) is 0 Å². The molecule has 0 fully saturated rings. The minimum atomic E-state index is 0.585. The van der Waals surface area contributed by atoms with Crippen molar-refractivity contribution in [1.82, 2.24) is 14.5 Å². The summed E-state index contributed by atoms with van der Waals surface area (Å²) in [7, 11) is 0. The Hall–Kier alpha value is -2.38. The molecule has 0 bridgehead atoms. The second-order valence-corrected chi connectivity index (χ2v) is 5.21. The number of halogens is 1. The van der Waals surface area contributed by atoms with Gasteiger partial charge in [0.15, 0.2) is 5.65 Å². The summed E-state index contributed by atoms with van der Waals surface area (Å²) in [5, 5.41) is 9.58. The Morgan fingerprint density at radius 1 is 1.33 bits per heavy atom. The van der Waals surface area contributed by atoms with Crippen molar-refractivity contribution in [2.75, 3.05) is 0 Å². The zero-order valence-corrected chi connectivity index (χ0v) is 12.3. The smallest absolute Gasteiger partial charge is 0.160 e. The average molecular weight is 297 g/mol. The number of nitriles is 1. The van der Waals surface area contributed by atoms with E-state index in [0.717, 1.165) is 29.0 Å². The molecule has 0 aliphatic rings. The van der Waals surface area contributed by atoms with E-state index in [9.17, 15) is 0 Å². The molecule has 0 aliphatic carbocycles. The molecule has 3 rings (SSSR count). The highest BCUT2D eigenvalue weighted by Gasteiger charge is 2.11. The van der Waals surface area contributed by atoms with Crippen molar-refractivity contribution in [2.24, 2.45) is 0 Å². The van der Waals surface area contributed by atoms with Gasteiger partial charge >= 0.3 is 0 Å². The third-order valence-electron chi connectivity index (χ3n) is 3.34. The first-order chi connectivity index (χ1) is 10.2. The van der Waals surface area contributed by atoms with E-state index in [1.54, 1.807) is 12.3 Å². The van der Waals surface area contributed by atoms with Gasteiger partial charge in [0, 0.05) is 12.6 Å². The van der Waals surface area contributed by atoms with Crippen molar-refractivity contribution in [2.45, 2.75) is 19.9 Å².